The van der Waals surface area contributed by atoms with Crippen molar-refractivity contribution < 1.29 is 14.3 Å². The largest absolute Gasteiger partial charge is 0.497 e. The molecule has 1 aliphatic heterocycles. The highest BCUT2D eigenvalue weighted by atomic mass is 32.2. The van der Waals surface area contributed by atoms with Crippen LogP contribution in [0, 0.1) is 13.8 Å². The maximum absolute atomic E-state index is 12.5. The summed E-state index contributed by atoms with van der Waals surface area (Å²) in [5.74, 6) is 0.586. The van der Waals surface area contributed by atoms with Crippen LogP contribution in [0.5, 0.6) is 5.75 Å². The van der Waals surface area contributed by atoms with Crippen LogP contribution < -0.4 is 4.74 Å². The highest BCUT2D eigenvalue weighted by Gasteiger charge is 2.36. The highest BCUT2D eigenvalue weighted by molar-refractivity contribution is 8.18. The maximum atomic E-state index is 12.5. The Balaban J connectivity index is 1.98. The van der Waals surface area contributed by atoms with E-state index < -0.39 is 0 Å². The molecule has 0 atom stereocenters. The molecular formula is C20H22N2O3S. The molecule has 2 amide bonds. The Kier molecular flexibility index (Phi) is 4.96. The standard InChI is InChI=1S/C20H22N2O3S/c1-12(2)21-19(23)18(26-20(21)24)11-15-10-13(3)22(14(15)4)16-6-8-17(25-5)9-7-16/h6-12H,1-5H3/b18-11-. The molecule has 0 bridgehead atoms. The van der Waals surface area contributed by atoms with E-state index in [9.17, 15) is 9.59 Å². The van der Waals surface area contributed by atoms with Crippen molar-refractivity contribution >= 4 is 29.0 Å². The molecule has 0 N–H and O–H groups in total. The molecule has 1 aromatic heterocycles. The van der Waals surface area contributed by atoms with Crippen LogP contribution in [0.25, 0.3) is 11.8 Å². The van der Waals surface area contributed by atoms with Gasteiger partial charge in [0.1, 0.15) is 5.75 Å². The Morgan fingerprint density at radius 3 is 2.31 bits per heavy atom. The second-order valence-corrected chi connectivity index (χ2v) is 7.50. The van der Waals surface area contributed by atoms with Gasteiger partial charge in [-0.1, -0.05) is 0 Å². The molecule has 0 radical (unpaired) electrons. The Morgan fingerprint density at radius 1 is 1.12 bits per heavy atom. The first-order valence-corrected chi connectivity index (χ1v) is 9.25. The summed E-state index contributed by atoms with van der Waals surface area (Å²) in [5, 5.41) is -0.208. The number of aromatic nitrogens is 1. The summed E-state index contributed by atoms with van der Waals surface area (Å²) in [4.78, 5) is 26.4. The number of hydrogen-bond acceptors (Lipinski definition) is 4. The first-order valence-electron chi connectivity index (χ1n) is 8.44. The van der Waals surface area contributed by atoms with Crippen molar-refractivity contribution in [1.82, 2.24) is 9.47 Å². The normalized spacial score (nSPS) is 16.2. The van der Waals surface area contributed by atoms with Gasteiger partial charge in [0.25, 0.3) is 11.1 Å². The van der Waals surface area contributed by atoms with E-state index >= 15 is 0 Å². The summed E-state index contributed by atoms with van der Waals surface area (Å²) in [7, 11) is 1.64. The molecule has 0 aliphatic carbocycles. The van der Waals surface area contributed by atoms with Crippen molar-refractivity contribution in [2.75, 3.05) is 7.11 Å². The minimum atomic E-state index is -0.218. The fraction of sp³-hybridized carbons (Fsp3) is 0.300. The lowest BCUT2D eigenvalue weighted by Gasteiger charge is -2.16. The average Bonchev–Trinajstić information content (AvgIpc) is 3.03. The van der Waals surface area contributed by atoms with Crippen molar-refractivity contribution in [2.24, 2.45) is 0 Å². The molecular weight excluding hydrogens is 348 g/mol. The Hall–Kier alpha value is -2.47. The number of hydrogen-bond donors (Lipinski definition) is 0. The predicted molar refractivity (Wildman–Crippen MR) is 105 cm³/mol. The van der Waals surface area contributed by atoms with E-state index in [1.165, 1.54) is 4.90 Å². The van der Waals surface area contributed by atoms with Crippen molar-refractivity contribution in [3.8, 4) is 11.4 Å². The van der Waals surface area contributed by atoms with Crippen LogP contribution in [0.2, 0.25) is 0 Å². The predicted octanol–water partition coefficient (Wildman–Crippen LogP) is 4.55. The fourth-order valence-corrected chi connectivity index (χ4v) is 4.08. The number of amides is 2. The number of methoxy groups -OCH3 is 1. The van der Waals surface area contributed by atoms with Crippen molar-refractivity contribution in [1.29, 1.82) is 0 Å². The Bertz CT molecular complexity index is 895. The summed E-state index contributed by atoms with van der Waals surface area (Å²) >= 11 is 1.00. The third kappa shape index (κ3) is 3.17. The number of aryl methyl sites for hydroxylation is 1. The lowest BCUT2D eigenvalue weighted by atomic mass is 10.2. The van der Waals surface area contributed by atoms with Gasteiger partial charge in [0.15, 0.2) is 0 Å². The molecule has 2 heterocycles. The second-order valence-electron chi connectivity index (χ2n) is 6.51. The zero-order valence-electron chi connectivity index (χ0n) is 15.6. The number of thioether (sulfide) groups is 1. The topological polar surface area (TPSA) is 51.5 Å². The van der Waals surface area contributed by atoms with Gasteiger partial charge in [-0.25, -0.2) is 0 Å². The summed E-state index contributed by atoms with van der Waals surface area (Å²) < 4.78 is 7.34. The molecule has 0 spiro atoms. The van der Waals surface area contributed by atoms with E-state index in [4.69, 9.17) is 4.74 Å². The third-order valence-electron chi connectivity index (χ3n) is 4.43. The SMILES string of the molecule is COc1ccc(-n2c(C)cc(/C=C3\SC(=O)N(C(C)C)C3=O)c2C)cc1. The molecule has 3 rings (SSSR count). The van der Waals surface area contributed by atoms with E-state index in [0.717, 1.165) is 40.2 Å². The molecule has 1 aromatic carbocycles. The van der Waals surface area contributed by atoms with Gasteiger partial charge in [-0.15, -0.1) is 0 Å². The van der Waals surface area contributed by atoms with Gasteiger partial charge in [-0.3, -0.25) is 14.5 Å². The van der Waals surface area contributed by atoms with Gasteiger partial charge >= 0.3 is 0 Å². The molecule has 2 aromatic rings. The van der Waals surface area contributed by atoms with Crippen LogP contribution in [0.15, 0.2) is 35.2 Å². The molecule has 136 valence electrons. The molecule has 1 fully saturated rings. The molecule has 0 unspecified atom stereocenters. The molecule has 1 saturated heterocycles. The quantitative estimate of drug-likeness (QED) is 0.741. The molecule has 5 nitrogen and oxygen atoms in total. The molecule has 6 heteroatoms. The number of imide groups is 1. The van der Waals surface area contributed by atoms with Gasteiger partial charge in [0, 0.05) is 23.1 Å². The minimum absolute atomic E-state index is 0.139. The van der Waals surface area contributed by atoms with Crippen LogP contribution in [0.4, 0.5) is 4.79 Å². The molecule has 0 saturated carbocycles. The summed E-state index contributed by atoms with van der Waals surface area (Å²) in [6.07, 6.45) is 1.82. The average molecular weight is 370 g/mol. The number of carbonyl (C=O) groups is 2. The van der Waals surface area contributed by atoms with Crippen LogP contribution in [-0.2, 0) is 4.79 Å². The van der Waals surface area contributed by atoms with E-state index in [0.29, 0.717) is 4.91 Å². The Labute approximate surface area is 157 Å². The van der Waals surface area contributed by atoms with E-state index in [2.05, 4.69) is 4.57 Å². The minimum Gasteiger partial charge on any atom is -0.497 e. The highest BCUT2D eigenvalue weighted by Crippen LogP contribution is 2.34. The van der Waals surface area contributed by atoms with Crippen LogP contribution >= 0.6 is 11.8 Å². The zero-order valence-corrected chi connectivity index (χ0v) is 16.4. The monoisotopic (exact) mass is 370 g/mol. The lowest BCUT2D eigenvalue weighted by molar-refractivity contribution is -0.123. The van der Waals surface area contributed by atoms with E-state index in [-0.39, 0.29) is 17.2 Å². The maximum Gasteiger partial charge on any atom is 0.293 e. The van der Waals surface area contributed by atoms with Gasteiger partial charge in [0.2, 0.25) is 0 Å². The van der Waals surface area contributed by atoms with Gasteiger partial charge in [-0.2, -0.15) is 0 Å². The van der Waals surface area contributed by atoms with Crippen molar-refractivity contribution in [3.05, 3.63) is 52.2 Å². The van der Waals surface area contributed by atoms with Crippen LogP contribution in [0.1, 0.15) is 30.8 Å². The van der Waals surface area contributed by atoms with Gasteiger partial charge < -0.3 is 9.30 Å². The Morgan fingerprint density at radius 2 is 1.77 bits per heavy atom. The van der Waals surface area contributed by atoms with Crippen molar-refractivity contribution in [2.45, 2.75) is 33.7 Å². The van der Waals surface area contributed by atoms with E-state index in [1.807, 2.05) is 64.1 Å². The van der Waals surface area contributed by atoms with Gasteiger partial charge in [-0.05, 0) is 81.4 Å². The third-order valence-corrected chi connectivity index (χ3v) is 5.31. The first kappa shape index (κ1) is 18.3. The number of rotatable bonds is 4. The fourth-order valence-electron chi connectivity index (χ4n) is 3.13. The molecule has 1 aliphatic rings. The molecule has 26 heavy (non-hydrogen) atoms. The first-order chi connectivity index (χ1) is 12.3. The summed E-state index contributed by atoms with van der Waals surface area (Å²) in [6.45, 7) is 7.72. The summed E-state index contributed by atoms with van der Waals surface area (Å²) in [6, 6.07) is 9.72. The lowest BCUT2D eigenvalue weighted by Crippen LogP contribution is -2.34. The van der Waals surface area contributed by atoms with Crippen LogP contribution in [-0.4, -0.2) is 33.8 Å². The zero-order chi connectivity index (χ0) is 19.0. The number of carbonyl (C=O) groups excluding carboxylic acids is 2. The number of benzene rings is 1. The van der Waals surface area contributed by atoms with Crippen LogP contribution in [0.3, 0.4) is 0 Å². The van der Waals surface area contributed by atoms with Gasteiger partial charge in [0.05, 0.1) is 12.0 Å². The summed E-state index contributed by atoms with van der Waals surface area (Å²) in [5.41, 5.74) is 4.04. The van der Waals surface area contributed by atoms with E-state index in [1.54, 1.807) is 7.11 Å². The van der Waals surface area contributed by atoms with Crippen molar-refractivity contribution in [3.63, 3.8) is 0 Å². The smallest absolute Gasteiger partial charge is 0.293 e. The number of nitrogens with zero attached hydrogens (tertiary/aromatic N) is 2. The number of ether oxygens (including phenoxy) is 1. The second kappa shape index (κ2) is 7.03.